The summed E-state index contributed by atoms with van der Waals surface area (Å²) in [7, 11) is 0. The van der Waals surface area contributed by atoms with Crippen molar-refractivity contribution in [3.8, 4) is 0 Å². The van der Waals surface area contributed by atoms with Gasteiger partial charge in [0.2, 0.25) is 0 Å². The van der Waals surface area contributed by atoms with Gasteiger partial charge in [-0.25, -0.2) is 14.8 Å². The fourth-order valence-corrected chi connectivity index (χ4v) is 4.33. The molecule has 0 radical (unpaired) electrons. The van der Waals surface area contributed by atoms with E-state index >= 15 is 0 Å². The zero-order chi connectivity index (χ0) is 16.9. The van der Waals surface area contributed by atoms with Gasteiger partial charge in [0, 0.05) is 37.0 Å². The lowest BCUT2D eigenvalue weighted by molar-refractivity contribution is 0.100. The van der Waals surface area contributed by atoms with E-state index in [1.54, 1.807) is 11.2 Å². The van der Waals surface area contributed by atoms with Crippen LogP contribution in [0.1, 0.15) is 38.7 Å². The van der Waals surface area contributed by atoms with Crippen LogP contribution >= 0.6 is 11.8 Å². The molecule has 132 valence electrons. The maximum absolute atomic E-state index is 12.0. The average molecular weight is 350 g/mol. The van der Waals surface area contributed by atoms with Gasteiger partial charge in [-0.05, 0) is 25.7 Å². The summed E-state index contributed by atoms with van der Waals surface area (Å²) in [6, 6.07) is 0. The zero-order valence-corrected chi connectivity index (χ0v) is 15.3. The van der Waals surface area contributed by atoms with E-state index in [4.69, 9.17) is 4.74 Å². The van der Waals surface area contributed by atoms with Gasteiger partial charge in [-0.1, -0.05) is 13.8 Å². The van der Waals surface area contributed by atoms with Gasteiger partial charge < -0.3 is 14.5 Å². The van der Waals surface area contributed by atoms with Crippen molar-refractivity contribution < 1.29 is 9.53 Å². The minimum absolute atomic E-state index is 0.192. The first kappa shape index (κ1) is 17.3. The van der Waals surface area contributed by atoms with Crippen LogP contribution in [0.5, 0.6) is 0 Å². The monoisotopic (exact) mass is 350 g/mol. The van der Waals surface area contributed by atoms with Gasteiger partial charge in [-0.2, -0.15) is 0 Å². The van der Waals surface area contributed by atoms with Gasteiger partial charge in [0.25, 0.3) is 0 Å². The molecule has 1 aromatic rings. The SMILES string of the molecule is CCCOC(=O)N1CCN(c2ncnc3c2CCC(CC)S3)CC1. The highest BCUT2D eigenvalue weighted by molar-refractivity contribution is 8.00. The van der Waals surface area contributed by atoms with Crippen LogP contribution in [0.3, 0.4) is 0 Å². The Morgan fingerprint density at radius 1 is 1.29 bits per heavy atom. The van der Waals surface area contributed by atoms with E-state index < -0.39 is 0 Å². The number of piperazine rings is 1. The number of amides is 1. The predicted molar refractivity (Wildman–Crippen MR) is 95.7 cm³/mol. The molecule has 6 nitrogen and oxygen atoms in total. The molecule has 0 spiro atoms. The average Bonchev–Trinajstić information content (AvgIpc) is 2.65. The van der Waals surface area contributed by atoms with Crippen LogP contribution in [-0.4, -0.2) is 59.0 Å². The quantitative estimate of drug-likeness (QED) is 0.778. The molecule has 1 aromatic heterocycles. The molecule has 1 unspecified atom stereocenters. The topological polar surface area (TPSA) is 58.6 Å². The molecule has 0 N–H and O–H groups in total. The third-order valence-electron chi connectivity index (χ3n) is 4.60. The molecular weight excluding hydrogens is 324 g/mol. The highest BCUT2D eigenvalue weighted by Gasteiger charge is 2.28. The third kappa shape index (κ3) is 3.77. The Morgan fingerprint density at radius 2 is 2.08 bits per heavy atom. The maximum atomic E-state index is 12.0. The summed E-state index contributed by atoms with van der Waals surface area (Å²) >= 11 is 1.89. The molecule has 3 rings (SSSR count). The molecule has 1 amide bonds. The number of carbonyl (C=O) groups excluding carboxylic acids is 1. The molecule has 3 heterocycles. The summed E-state index contributed by atoms with van der Waals surface area (Å²) in [5.41, 5.74) is 1.29. The van der Waals surface area contributed by atoms with Gasteiger partial charge in [-0.15, -0.1) is 11.8 Å². The van der Waals surface area contributed by atoms with Crippen molar-refractivity contribution in [2.24, 2.45) is 0 Å². The summed E-state index contributed by atoms with van der Waals surface area (Å²) in [5, 5.41) is 1.81. The van der Waals surface area contributed by atoms with Crippen LogP contribution in [0, 0.1) is 0 Å². The van der Waals surface area contributed by atoms with Crippen molar-refractivity contribution >= 4 is 23.7 Å². The first-order chi connectivity index (χ1) is 11.7. The Bertz CT molecular complexity index is 576. The summed E-state index contributed by atoms with van der Waals surface area (Å²) in [5.74, 6) is 1.06. The lowest BCUT2D eigenvalue weighted by Gasteiger charge is -2.36. The number of ether oxygens (including phenoxy) is 1. The van der Waals surface area contributed by atoms with Gasteiger partial charge in [-0.3, -0.25) is 0 Å². The molecule has 0 bridgehead atoms. The number of aromatic nitrogens is 2. The number of hydrogen-bond donors (Lipinski definition) is 0. The van der Waals surface area contributed by atoms with Gasteiger partial charge >= 0.3 is 6.09 Å². The highest BCUT2D eigenvalue weighted by atomic mass is 32.2. The minimum atomic E-state index is -0.192. The van der Waals surface area contributed by atoms with Gasteiger partial charge in [0.15, 0.2) is 0 Å². The highest BCUT2D eigenvalue weighted by Crippen LogP contribution is 2.38. The summed E-state index contributed by atoms with van der Waals surface area (Å²) in [4.78, 5) is 25.1. The Kier molecular flexibility index (Phi) is 5.81. The molecule has 2 aliphatic rings. The molecule has 1 saturated heterocycles. The van der Waals surface area contributed by atoms with Crippen LogP contribution < -0.4 is 4.90 Å². The minimum Gasteiger partial charge on any atom is -0.449 e. The van der Waals surface area contributed by atoms with E-state index in [1.165, 1.54) is 18.4 Å². The lowest BCUT2D eigenvalue weighted by Crippen LogP contribution is -2.49. The Labute approximate surface area is 148 Å². The van der Waals surface area contributed by atoms with Crippen molar-refractivity contribution in [3.63, 3.8) is 0 Å². The standard InChI is InChI=1S/C17H26N4O2S/c1-3-11-23-17(22)21-9-7-20(8-10-21)15-14-6-5-13(4-2)24-16(14)19-12-18-15/h12-13H,3-11H2,1-2H3. The number of rotatable bonds is 4. The number of nitrogens with zero attached hydrogens (tertiary/aromatic N) is 4. The second-order valence-corrected chi connectivity index (χ2v) is 7.55. The van der Waals surface area contributed by atoms with Crippen molar-refractivity contribution in [1.82, 2.24) is 14.9 Å². The molecule has 7 heteroatoms. The number of anilines is 1. The molecule has 24 heavy (non-hydrogen) atoms. The van der Waals surface area contributed by atoms with Crippen LogP contribution in [-0.2, 0) is 11.2 Å². The second-order valence-electron chi connectivity index (χ2n) is 6.26. The smallest absolute Gasteiger partial charge is 0.409 e. The first-order valence-corrected chi connectivity index (χ1v) is 9.78. The molecule has 2 aliphatic heterocycles. The fourth-order valence-electron chi connectivity index (χ4n) is 3.17. The molecular formula is C17H26N4O2S. The molecule has 0 saturated carbocycles. The third-order valence-corrected chi connectivity index (χ3v) is 6.08. The predicted octanol–water partition coefficient (Wildman–Crippen LogP) is 2.96. The largest absolute Gasteiger partial charge is 0.449 e. The van der Waals surface area contributed by atoms with E-state index in [0.717, 1.165) is 36.8 Å². The maximum Gasteiger partial charge on any atom is 0.409 e. The van der Waals surface area contributed by atoms with E-state index in [0.29, 0.717) is 24.9 Å². The zero-order valence-electron chi connectivity index (χ0n) is 14.5. The Hall–Kier alpha value is -1.50. The van der Waals surface area contributed by atoms with Crippen LogP contribution in [0.4, 0.5) is 10.6 Å². The van der Waals surface area contributed by atoms with Crippen LogP contribution in [0.2, 0.25) is 0 Å². The first-order valence-electron chi connectivity index (χ1n) is 8.90. The van der Waals surface area contributed by atoms with Crippen molar-refractivity contribution in [2.75, 3.05) is 37.7 Å². The molecule has 0 aliphatic carbocycles. The van der Waals surface area contributed by atoms with E-state index in [-0.39, 0.29) is 6.09 Å². The number of thioether (sulfide) groups is 1. The van der Waals surface area contributed by atoms with E-state index in [9.17, 15) is 4.79 Å². The molecule has 0 aromatic carbocycles. The summed E-state index contributed by atoms with van der Waals surface area (Å²) < 4.78 is 5.23. The molecule has 1 fully saturated rings. The summed E-state index contributed by atoms with van der Waals surface area (Å²) in [6.45, 7) is 7.71. The van der Waals surface area contributed by atoms with Crippen molar-refractivity contribution in [2.45, 2.75) is 49.8 Å². The normalized spacial score (nSPS) is 20.7. The van der Waals surface area contributed by atoms with E-state index in [1.807, 2.05) is 18.7 Å². The summed E-state index contributed by atoms with van der Waals surface area (Å²) in [6.07, 6.45) is 5.77. The number of hydrogen-bond acceptors (Lipinski definition) is 6. The van der Waals surface area contributed by atoms with Crippen LogP contribution in [0.25, 0.3) is 0 Å². The second kappa shape index (κ2) is 8.05. The lowest BCUT2D eigenvalue weighted by atomic mass is 10.1. The van der Waals surface area contributed by atoms with E-state index in [2.05, 4.69) is 21.8 Å². The molecule has 1 atom stereocenters. The fraction of sp³-hybridized carbons (Fsp3) is 0.706. The number of carbonyl (C=O) groups is 1. The van der Waals surface area contributed by atoms with Gasteiger partial charge in [0.05, 0.1) is 6.61 Å². The van der Waals surface area contributed by atoms with Crippen molar-refractivity contribution in [3.05, 3.63) is 11.9 Å². The number of fused-ring (bicyclic) bond motifs is 1. The Morgan fingerprint density at radius 3 is 2.79 bits per heavy atom. The Balaban J connectivity index is 1.64. The van der Waals surface area contributed by atoms with Crippen LogP contribution in [0.15, 0.2) is 11.4 Å². The van der Waals surface area contributed by atoms with Crippen molar-refractivity contribution in [1.29, 1.82) is 0 Å². The van der Waals surface area contributed by atoms with Gasteiger partial charge in [0.1, 0.15) is 17.2 Å².